The van der Waals surface area contributed by atoms with Gasteiger partial charge >= 0.3 is 5.97 Å². The number of carbonyl (C=O) groups is 1. The van der Waals surface area contributed by atoms with Gasteiger partial charge in [0.1, 0.15) is 17.2 Å². The second-order valence-corrected chi connectivity index (χ2v) is 4.39. The molecule has 18 heavy (non-hydrogen) atoms. The van der Waals surface area contributed by atoms with E-state index in [0.717, 1.165) is 31.6 Å². The molecule has 7 nitrogen and oxygen atoms in total. The zero-order valence-corrected chi connectivity index (χ0v) is 10.00. The molecule has 1 aliphatic rings. The number of hydrogen-bond donors (Lipinski definition) is 1. The normalized spacial score (nSPS) is 14.5. The van der Waals surface area contributed by atoms with Crippen molar-refractivity contribution < 1.29 is 9.90 Å². The maximum Gasteiger partial charge on any atom is 0.354 e. The number of aryl methyl sites for hydroxylation is 2. The van der Waals surface area contributed by atoms with E-state index in [9.17, 15) is 4.79 Å². The van der Waals surface area contributed by atoms with Crippen LogP contribution in [-0.2, 0) is 20.0 Å². The Morgan fingerprint density at radius 2 is 2.22 bits per heavy atom. The predicted molar refractivity (Wildman–Crippen MR) is 62.1 cm³/mol. The van der Waals surface area contributed by atoms with E-state index in [1.165, 1.54) is 10.7 Å². The molecule has 2 aromatic rings. The fourth-order valence-electron chi connectivity index (χ4n) is 2.27. The summed E-state index contributed by atoms with van der Waals surface area (Å²) >= 11 is 0. The lowest BCUT2D eigenvalue weighted by Gasteiger charge is -2.13. The summed E-state index contributed by atoms with van der Waals surface area (Å²) in [5, 5.41) is 21.5. The Hall–Kier alpha value is -2.18. The predicted octanol–water partition coefficient (Wildman–Crippen LogP) is 0.713. The molecule has 2 aromatic heterocycles. The lowest BCUT2D eigenvalue weighted by molar-refractivity contribution is 0.0685. The van der Waals surface area contributed by atoms with Crippen LogP contribution in [0.2, 0.25) is 0 Å². The van der Waals surface area contributed by atoms with Crippen molar-refractivity contribution in [3.63, 3.8) is 0 Å². The SMILES string of the molecule is Cn1nc(-c2nnc3n2CCCC3)cc1C(=O)O. The van der Waals surface area contributed by atoms with Crippen LogP contribution in [0.25, 0.3) is 11.5 Å². The van der Waals surface area contributed by atoms with Gasteiger partial charge in [-0.15, -0.1) is 10.2 Å². The molecule has 0 amide bonds. The third kappa shape index (κ3) is 1.59. The van der Waals surface area contributed by atoms with Crippen LogP contribution in [0, 0.1) is 0 Å². The number of rotatable bonds is 2. The maximum absolute atomic E-state index is 11.0. The summed E-state index contributed by atoms with van der Waals surface area (Å²) in [4.78, 5) is 11.0. The largest absolute Gasteiger partial charge is 0.477 e. The fourth-order valence-corrected chi connectivity index (χ4v) is 2.27. The van der Waals surface area contributed by atoms with Crippen molar-refractivity contribution in [1.29, 1.82) is 0 Å². The Bertz CT molecular complexity index is 613. The highest BCUT2D eigenvalue weighted by Gasteiger charge is 2.21. The zero-order chi connectivity index (χ0) is 12.7. The van der Waals surface area contributed by atoms with Crippen LogP contribution in [0.5, 0.6) is 0 Å². The maximum atomic E-state index is 11.0. The van der Waals surface area contributed by atoms with Gasteiger partial charge in [-0.25, -0.2) is 4.79 Å². The summed E-state index contributed by atoms with van der Waals surface area (Å²) in [7, 11) is 1.61. The van der Waals surface area contributed by atoms with E-state index in [4.69, 9.17) is 5.11 Å². The number of carboxylic acid groups (broad SMARTS) is 1. The summed E-state index contributed by atoms with van der Waals surface area (Å²) in [6.07, 6.45) is 3.14. The van der Waals surface area contributed by atoms with E-state index in [2.05, 4.69) is 15.3 Å². The van der Waals surface area contributed by atoms with Gasteiger partial charge in [0.25, 0.3) is 0 Å². The molecule has 0 spiro atoms. The van der Waals surface area contributed by atoms with Crippen molar-refractivity contribution in [1.82, 2.24) is 24.5 Å². The molecule has 0 saturated carbocycles. The fraction of sp³-hybridized carbons (Fsp3) is 0.455. The Balaban J connectivity index is 2.07. The lowest BCUT2D eigenvalue weighted by Crippen LogP contribution is -2.11. The minimum absolute atomic E-state index is 0.151. The zero-order valence-electron chi connectivity index (χ0n) is 10.00. The molecule has 3 heterocycles. The Morgan fingerprint density at radius 3 is 2.94 bits per heavy atom. The summed E-state index contributed by atoms with van der Waals surface area (Å²) in [6.45, 7) is 0.872. The van der Waals surface area contributed by atoms with E-state index in [1.54, 1.807) is 7.05 Å². The molecule has 0 unspecified atom stereocenters. The van der Waals surface area contributed by atoms with Crippen molar-refractivity contribution >= 4 is 5.97 Å². The summed E-state index contributed by atoms with van der Waals surface area (Å²) in [5.41, 5.74) is 0.716. The minimum Gasteiger partial charge on any atom is -0.477 e. The number of hydrogen-bond acceptors (Lipinski definition) is 4. The quantitative estimate of drug-likeness (QED) is 0.844. The van der Waals surface area contributed by atoms with E-state index in [1.807, 2.05) is 4.57 Å². The molecule has 1 N–H and O–H groups in total. The molecule has 1 aliphatic heterocycles. The van der Waals surface area contributed by atoms with Crippen LogP contribution in [0.3, 0.4) is 0 Å². The van der Waals surface area contributed by atoms with Gasteiger partial charge in [-0.1, -0.05) is 0 Å². The van der Waals surface area contributed by atoms with Crippen LogP contribution in [0.1, 0.15) is 29.2 Å². The molecule has 7 heteroatoms. The number of fused-ring (bicyclic) bond motifs is 1. The Kier molecular flexibility index (Phi) is 2.39. The van der Waals surface area contributed by atoms with Crippen molar-refractivity contribution in [2.24, 2.45) is 7.05 Å². The first kappa shape index (κ1) is 10.9. The van der Waals surface area contributed by atoms with Gasteiger partial charge in [0.15, 0.2) is 5.82 Å². The molecular weight excluding hydrogens is 234 g/mol. The topological polar surface area (TPSA) is 85.8 Å². The smallest absolute Gasteiger partial charge is 0.354 e. The molecule has 0 aromatic carbocycles. The average Bonchev–Trinajstić information content (AvgIpc) is 2.92. The van der Waals surface area contributed by atoms with Crippen molar-refractivity contribution in [2.75, 3.05) is 0 Å². The van der Waals surface area contributed by atoms with E-state index < -0.39 is 5.97 Å². The van der Waals surface area contributed by atoms with Crippen LogP contribution >= 0.6 is 0 Å². The van der Waals surface area contributed by atoms with Crippen molar-refractivity contribution in [3.05, 3.63) is 17.6 Å². The first-order chi connectivity index (χ1) is 8.66. The van der Waals surface area contributed by atoms with Gasteiger partial charge in [0.2, 0.25) is 0 Å². The Labute approximate surface area is 103 Å². The minimum atomic E-state index is -0.991. The number of nitrogens with zero attached hydrogens (tertiary/aromatic N) is 5. The van der Waals surface area contributed by atoms with Crippen LogP contribution in [0.15, 0.2) is 6.07 Å². The molecule has 94 valence electrons. The highest BCUT2D eigenvalue weighted by atomic mass is 16.4. The highest BCUT2D eigenvalue weighted by Crippen LogP contribution is 2.22. The van der Waals surface area contributed by atoms with Gasteiger partial charge in [-0.2, -0.15) is 5.10 Å². The Morgan fingerprint density at radius 1 is 1.39 bits per heavy atom. The first-order valence-electron chi connectivity index (χ1n) is 5.86. The molecular formula is C11H13N5O2. The first-order valence-corrected chi connectivity index (χ1v) is 5.86. The highest BCUT2D eigenvalue weighted by molar-refractivity contribution is 5.86. The van der Waals surface area contributed by atoms with Gasteiger partial charge in [0, 0.05) is 26.1 Å². The summed E-state index contributed by atoms with van der Waals surface area (Å²) in [6, 6.07) is 1.54. The molecule has 0 aliphatic carbocycles. The third-order valence-electron chi connectivity index (χ3n) is 3.19. The van der Waals surface area contributed by atoms with Crippen LogP contribution in [0.4, 0.5) is 0 Å². The number of aromatic carboxylic acids is 1. The van der Waals surface area contributed by atoms with E-state index in [0.29, 0.717) is 11.5 Å². The van der Waals surface area contributed by atoms with Gasteiger partial charge in [0.05, 0.1) is 0 Å². The van der Waals surface area contributed by atoms with Crippen LogP contribution in [-0.4, -0.2) is 35.6 Å². The molecule has 0 radical (unpaired) electrons. The van der Waals surface area contributed by atoms with Crippen molar-refractivity contribution in [3.8, 4) is 11.5 Å². The van der Waals surface area contributed by atoms with E-state index >= 15 is 0 Å². The van der Waals surface area contributed by atoms with Crippen LogP contribution < -0.4 is 0 Å². The molecule has 0 fully saturated rings. The summed E-state index contributed by atoms with van der Waals surface area (Å²) in [5.74, 6) is 0.626. The molecule has 0 atom stereocenters. The van der Waals surface area contributed by atoms with Gasteiger partial charge < -0.3 is 9.67 Å². The number of carboxylic acids is 1. The van der Waals surface area contributed by atoms with E-state index in [-0.39, 0.29) is 5.69 Å². The van der Waals surface area contributed by atoms with Gasteiger partial charge in [-0.3, -0.25) is 4.68 Å². The molecule has 3 rings (SSSR count). The third-order valence-corrected chi connectivity index (χ3v) is 3.19. The standard InChI is InChI=1S/C11H13N5O2/c1-15-8(11(17)18)6-7(14-15)10-13-12-9-4-2-3-5-16(9)10/h6H,2-5H2,1H3,(H,17,18). The second-order valence-electron chi connectivity index (χ2n) is 4.39. The second kappa shape index (κ2) is 3.94. The monoisotopic (exact) mass is 247 g/mol. The summed E-state index contributed by atoms with van der Waals surface area (Å²) < 4.78 is 3.37. The molecule has 0 saturated heterocycles. The lowest BCUT2D eigenvalue weighted by atomic mass is 10.1. The van der Waals surface area contributed by atoms with Crippen molar-refractivity contribution in [2.45, 2.75) is 25.8 Å². The molecule has 0 bridgehead atoms. The van der Waals surface area contributed by atoms with Gasteiger partial charge in [-0.05, 0) is 12.8 Å². The average molecular weight is 247 g/mol. The number of aromatic nitrogens is 5.